The van der Waals surface area contributed by atoms with Crippen molar-refractivity contribution in [1.29, 1.82) is 0 Å². The third kappa shape index (κ3) is 4.79. The number of hydrogen-bond donors (Lipinski definition) is 0. The number of carbonyl (C=O) groups is 1. The van der Waals surface area contributed by atoms with Crippen molar-refractivity contribution in [3.05, 3.63) is 70.0 Å². The number of thiazole rings is 1. The molecule has 0 aliphatic heterocycles. The van der Waals surface area contributed by atoms with Gasteiger partial charge in [-0.3, -0.25) is 14.4 Å². The Bertz CT molecular complexity index is 1260. The summed E-state index contributed by atoms with van der Waals surface area (Å²) in [7, 11) is 1.63. The molecule has 4 rings (SSSR count). The summed E-state index contributed by atoms with van der Waals surface area (Å²) in [4.78, 5) is 20.0. The number of rotatable bonds is 7. The number of fused-ring (bicyclic) bond motifs is 1. The lowest BCUT2D eigenvalue weighted by atomic mass is 10.1. The van der Waals surface area contributed by atoms with Gasteiger partial charge < -0.3 is 4.74 Å². The topological polar surface area (TPSA) is 60.2 Å². The van der Waals surface area contributed by atoms with Crippen LogP contribution >= 0.6 is 22.9 Å². The number of nitrogens with zero attached hydrogens (tertiary/aromatic N) is 4. The van der Waals surface area contributed by atoms with Crippen LogP contribution in [0.3, 0.4) is 0 Å². The van der Waals surface area contributed by atoms with Gasteiger partial charge in [0.25, 0.3) is 0 Å². The van der Waals surface area contributed by atoms with Crippen molar-refractivity contribution >= 4 is 44.2 Å². The van der Waals surface area contributed by atoms with E-state index >= 15 is 0 Å². The first-order chi connectivity index (χ1) is 15.3. The van der Waals surface area contributed by atoms with Crippen LogP contribution in [0.5, 0.6) is 5.75 Å². The second-order valence-electron chi connectivity index (χ2n) is 7.79. The first-order valence-corrected chi connectivity index (χ1v) is 11.5. The molecule has 8 heteroatoms. The van der Waals surface area contributed by atoms with Crippen LogP contribution in [0.1, 0.15) is 22.5 Å². The Morgan fingerprint density at radius 3 is 2.56 bits per heavy atom. The number of aromatic nitrogens is 3. The number of aryl methyl sites for hydroxylation is 3. The Hall–Kier alpha value is -2.90. The maximum absolute atomic E-state index is 13.4. The lowest BCUT2D eigenvalue weighted by Gasteiger charge is -2.20. The van der Waals surface area contributed by atoms with Crippen molar-refractivity contribution in [3.63, 3.8) is 0 Å². The van der Waals surface area contributed by atoms with E-state index in [2.05, 4.69) is 5.10 Å². The number of carbonyl (C=O) groups excluding carboxylic acids is 1. The number of amides is 1. The number of anilines is 1. The van der Waals surface area contributed by atoms with E-state index in [1.807, 2.05) is 67.9 Å². The molecule has 4 aromatic rings. The van der Waals surface area contributed by atoms with Crippen LogP contribution in [-0.4, -0.2) is 34.3 Å². The molecule has 1 amide bonds. The van der Waals surface area contributed by atoms with Gasteiger partial charge in [0.15, 0.2) is 5.13 Å². The quantitative estimate of drug-likeness (QED) is 0.366. The molecule has 0 atom stereocenters. The Labute approximate surface area is 196 Å². The van der Waals surface area contributed by atoms with E-state index in [-0.39, 0.29) is 12.3 Å². The third-order valence-corrected chi connectivity index (χ3v) is 6.57. The molecule has 0 N–H and O–H groups in total. The van der Waals surface area contributed by atoms with Gasteiger partial charge in [-0.05, 0) is 62.2 Å². The van der Waals surface area contributed by atoms with Gasteiger partial charge in [-0.1, -0.05) is 35.1 Å². The van der Waals surface area contributed by atoms with E-state index in [0.717, 1.165) is 38.5 Å². The molecular formula is C24H25ClN4O2S. The van der Waals surface area contributed by atoms with Crippen LogP contribution in [0.2, 0.25) is 5.02 Å². The summed E-state index contributed by atoms with van der Waals surface area (Å²) in [6, 6.07) is 13.4. The van der Waals surface area contributed by atoms with Gasteiger partial charge in [-0.25, -0.2) is 4.98 Å². The van der Waals surface area contributed by atoms with Gasteiger partial charge in [0.05, 0.1) is 36.0 Å². The van der Waals surface area contributed by atoms with Crippen molar-refractivity contribution in [1.82, 2.24) is 14.8 Å². The summed E-state index contributed by atoms with van der Waals surface area (Å²) in [6.07, 6.45) is 0.275. The smallest absolute Gasteiger partial charge is 0.233 e. The monoisotopic (exact) mass is 468 g/mol. The fraction of sp³-hybridized carbons (Fsp3) is 0.292. The maximum Gasteiger partial charge on any atom is 0.233 e. The summed E-state index contributed by atoms with van der Waals surface area (Å²) in [6.45, 7) is 7.03. The van der Waals surface area contributed by atoms with Crippen molar-refractivity contribution < 1.29 is 9.53 Å². The Morgan fingerprint density at radius 1 is 1.16 bits per heavy atom. The molecule has 0 fully saturated rings. The fourth-order valence-corrected chi connectivity index (χ4v) is 5.16. The normalized spacial score (nSPS) is 11.2. The van der Waals surface area contributed by atoms with E-state index in [1.54, 1.807) is 12.0 Å². The third-order valence-electron chi connectivity index (χ3n) is 5.32. The summed E-state index contributed by atoms with van der Waals surface area (Å²) in [5.74, 6) is 0.751. The predicted octanol–water partition coefficient (Wildman–Crippen LogP) is 5.36. The number of halogens is 1. The zero-order valence-corrected chi connectivity index (χ0v) is 20.1. The molecule has 2 heterocycles. The van der Waals surface area contributed by atoms with Gasteiger partial charge in [-0.2, -0.15) is 5.10 Å². The van der Waals surface area contributed by atoms with Crippen LogP contribution in [0, 0.1) is 20.8 Å². The standard InChI is InChI=1S/C24H25ClN4O2S/c1-15-11-19(25)14-21-23(15)26-24(32-21)28(9-10-29-17(3)12-16(2)27-29)22(30)13-18-5-7-20(31-4)8-6-18/h5-8,11-12,14H,9-10,13H2,1-4H3. The van der Waals surface area contributed by atoms with E-state index in [0.29, 0.717) is 23.2 Å². The number of methoxy groups -OCH3 is 1. The van der Waals surface area contributed by atoms with Gasteiger partial charge in [0.1, 0.15) is 5.75 Å². The molecule has 0 unspecified atom stereocenters. The highest BCUT2D eigenvalue weighted by Gasteiger charge is 2.21. The van der Waals surface area contributed by atoms with Gasteiger partial charge in [-0.15, -0.1) is 0 Å². The highest BCUT2D eigenvalue weighted by molar-refractivity contribution is 7.22. The van der Waals surface area contributed by atoms with Gasteiger partial charge in [0.2, 0.25) is 5.91 Å². The second kappa shape index (κ2) is 9.30. The molecule has 0 spiro atoms. The minimum atomic E-state index is -0.0143. The number of benzene rings is 2. The Balaban J connectivity index is 1.64. The summed E-state index contributed by atoms with van der Waals surface area (Å²) in [5, 5.41) is 5.88. The fourth-order valence-electron chi connectivity index (χ4n) is 3.69. The summed E-state index contributed by atoms with van der Waals surface area (Å²) < 4.78 is 8.12. The molecule has 0 aliphatic carbocycles. The van der Waals surface area contributed by atoms with Crippen LogP contribution < -0.4 is 9.64 Å². The van der Waals surface area contributed by atoms with Crippen molar-refractivity contribution in [2.45, 2.75) is 33.7 Å². The first kappa shape index (κ1) is 22.3. The molecule has 0 saturated heterocycles. The van der Waals surface area contributed by atoms with Crippen LogP contribution in [0.25, 0.3) is 10.2 Å². The summed E-state index contributed by atoms with van der Waals surface area (Å²) >= 11 is 7.73. The Kier molecular flexibility index (Phi) is 6.48. The van der Waals surface area contributed by atoms with E-state index < -0.39 is 0 Å². The molecule has 32 heavy (non-hydrogen) atoms. The molecule has 6 nitrogen and oxygen atoms in total. The maximum atomic E-state index is 13.4. The van der Waals surface area contributed by atoms with E-state index in [9.17, 15) is 4.79 Å². The predicted molar refractivity (Wildman–Crippen MR) is 130 cm³/mol. The highest BCUT2D eigenvalue weighted by atomic mass is 35.5. The summed E-state index contributed by atoms with van der Waals surface area (Å²) in [5.41, 5.74) is 4.83. The molecule has 0 aliphatic rings. The van der Waals surface area contributed by atoms with Gasteiger partial charge >= 0.3 is 0 Å². The zero-order valence-electron chi connectivity index (χ0n) is 18.6. The molecule has 2 aromatic heterocycles. The largest absolute Gasteiger partial charge is 0.497 e. The van der Waals surface area contributed by atoms with Crippen molar-refractivity contribution in [2.75, 3.05) is 18.6 Å². The van der Waals surface area contributed by atoms with E-state index in [1.165, 1.54) is 11.3 Å². The lowest BCUT2D eigenvalue weighted by Crippen LogP contribution is -2.35. The number of hydrogen-bond acceptors (Lipinski definition) is 5. The Morgan fingerprint density at radius 2 is 1.91 bits per heavy atom. The average molecular weight is 469 g/mol. The molecule has 0 radical (unpaired) electrons. The van der Waals surface area contributed by atoms with Gasteiger partial charge in [0, 0.05) is 17.3 Å². The van der Waals surface area contributed by atoms with Crippen molar-refractivity contribution in [3.8, 4) is 5.75 Å². The molecule has 0 saturated carbocycles. The lowest BCUT2D eigenvalue weighted by molar-refractivity contribution is -0.118. The van der Waals surface area contributed by atoms with Crippen LogP contribution in [0.15, 0.2) is 42.5 Å². The minimum absolute atomic E-state index is 0.0143. The highest BCUT2D eigenvalue weighted by Crippen LogP contribution is 2.33. The van der Waals surface area contributed by atoms with Crippen LogP contribution in [0.4, 0.5) is 5.13 Å². The molecular weight excluding hydrogens is 444 g/mol. The first-order valence-electron chi connectivity index (χ1n) is 10.3. The zero-order chi connectivity index (χ0) is 22.8. The SMILES string of the molecule is COc1ccc(CC(=O)N(CCn2nc(C)cc2C)c2nc3c(C)cc(Cl)cc3s2)cc1. The number of ether oxygens (including phenoxy) is 1. The van der Waals surface area contributed by atoms with Crippen LogP contribution in [-0.2, 0) is 17.8 Å². The molecule has 2 aromatic carbocycles. The average Bonchev–Trinajstić information content (AvgIpc) is 3.31. The van der Waals surface area contributed by atoms with Crippen molar-refractivity contribution in [2.24, 2.45) is 0 Å². The minimum Gasteiger partial charge on any atom is -0.497 e. The molecule has 0 bridgehead atoms. The second-order valence-corrected chi connectivity index (χ2v) is 9.23. The molecule has 166 valence electrons. The van der Waals surface area contributed by atoms with E-state index in [4.69, 9.17) is 21.3 Å².